The summed E-state index contributed by atoms with van der Waals surface area (Å²) < 4.78 is 0. The highest BCUT2D eigenvalue weighted by Gasteiger charge is 2.00. The predicted molar refractivity (Wildman–Crippen MR) is 79.8 cm³/mol. The molecular weight excluding hydrogens is 238 g/mol. The van der Waals surface area contributed by atoms with Crippen molar-refractivity contribution in [2.24, 2.45) is 5.73 Å². The number of aryl methyl sites for hydroxylation is 2. The summed E-state index contributed by atoms with van der Waals surface area (Å²) in [5.41, 5.74) is 10.9. The zero-order valence-corrected chi connectivity index (χ0v) is 11.8. The largest absolute Gasteiger partial charge is 0.326 e. The fraction of sp³-hybridized carbons (Fsp3) is 0.250. The van der Waals surface area contributed by atoms with Gasteiger partial charge in [-0.05, 0) is 42.7 Å². The van der Waals surface area contributed by atoms with E-state index in [1.807, 2.05) is 11.8 Å². The lowest BCUT2D eigenvalue weighted by atomic mass is 10.1. The van der Waals surface area contributed by atoms with Gasteiger partial charge in [0.1, 0.15) is 0 Å². The van der Waals surface area contributed by atoms with Crippen LogP contribution in [-0.4, -0.2) is 0 Å². The SMILES string of the molecule is Cc1cccc(CSc2ccc(CN)c(C)c2)c1. The third-order valence-corrected chi connectivity index (χ3v) is 4.09. The van der Waals surface area contributed by atoms with Crippen molar-refractivity contribution in [1.82, 2.24) is 0 Å². The Bertz CT molecular complexity index is 534. The minimum atomic E-state index is 0.620. The molecule has 2 aromatic carbocycles. The lowest BCUT2D eigenvalue weighted by Crippen LogP contribution is -1.98. The molecule has 0 radical (unpaired) electrons. The minimum Gasteiger partial charge on any atom is -0.326 e. The van der Waals surface area contributed by atoms with Crippen LogP contribution in [0.3, 0.4) is 0 Å². The summed E-state index contributed by atoms with van der Waals surface area (Å²) in [5.74, 6) is 1.02. The van der Waals surface area contributed by atoms with Crippen molar-refractivity contribution in [2.75, 3.05) is 0 Å². The summed E-state index contributed by atoms with van der Waals surface area (Å²) in [7, 11) is 0. The van der Waals surface area contributed by atoms with Gasteiger partial charge in [0.15, 0.2) is 0 Å². The molecule has 18 heavy (non-hydrogen) atoms. The van der Waals surface area contributed by atoms with Crippen LogP contribution >= 0.6 is 11.8 Å². The van der Waals surface area contributed by atoms with Crippen molar-refractivity contribution in [3.05, 3.63) is 64.7 Å². The Balaban J connectivity index is 2.04. The van der Waals surface area contributed by atoms with Crippen molar-refractivity contribution in [1.29, 1.82) is 0 Å². The van der Waals surface area contributed by atoms with Crippen LogP contribution in [0.4, 0.5) is 0 Å². The number of nitrogens with two attached hydrogens (primary N) is 1. The van der Waals surface area contributed by atoms with Crippen molar-refractivity contribution in [3.63, 3.8) is 0 Å². The van der Waals surface area contributed by atoms with E-state index >= 15 is 0 Å². The van der Waals surface area contributed by atoms with Gasteiger partial charge >= 0.3 is 0 Å². The monoisotopic (exact) mass is 257 g/mol. The van der Waals surface area contributed by atoms with E-state index in [1.165, 1.54) is 27.1 Å². The normalized spacial score (nSPS) is 10.6. The van der Waals surface area contributed by atoms with Gasteiger partial charge in [-0.2, -0.15) is 0 Å². The van der Waals surface area contributed by atoms with Crippen LogP contribution in [0.15, 0.2) is 47.4 Å². The van der Waals surface area contributed by atoms with Gasteiger partial charge in [-0.3, -0.25) is 0 Å². The zero-order valence-electron chi connectivity index (χ0n) is 10.9. The van der Waals surface area contributed by atoms with E-state index in [9.17, 15) is 0 Å². The summed E-state index contributed by atoms with van der Waals surface area (Å²) in [4.78, 5) is 1.31. The van der Waals surface area contributed by atoms with E-state index in [-0.39, 0.29) is 0 Å². The smallest absolute Gasteiger partial charge is 0.0232 e. The first-order chi connectivity index (χ1) is 8.69. The molecule has 0 aliphatic carbocycles. The van der Waals surface area contributed by atoms with Gasteiger partial charge in [-0.25, -0.2) is 0 Å². The highest BCUT2D eigenvalue weighted by molar-refractivity contribution is 7.98. The van der Waals surface area contributed by atoms with Gasteiger partial charge in [0.25, 0.3) is 0 Å². The molecule has 0 atom stereocenters. The molecule has 1 nitrogen and oxygen atoms in total. The van der Waals surface area contributed by atoms with Crippen molar-refractivity contribution >= 4 is 11.8 Å². The second-order valence-corrected chi connectivity index (χ2v) is 5.62. The third kappa shape index (κ3) is 3.37. The highest BCUT2D eigenvalue weighted by atomic mass is 32.2. The lowest BCUT2D eigenvalue weighted by molar-refractivity contribution is 1.04. The van der Waals surface area contributed by atoms with Gasteiger partial charge in [-0.1, -0.05) is 35.9 Å². The number of benzene rings is 2. The standard InChI is InChI=1S/C16H19NS/c1-12-4-3-5-14(8-12)11-18-16-7-6-15(10-17)13(2)9-16/h3-9H,10-11,17H2,1-2H3. The topological polar surface area (TPSA) is 26.0 Å². The van der Waals surface area contributed by atoms with Gasteiger partial charge in [-0.15, -0.1) is 11.8 Å². The van der Waals surface area contributed by atoms with Crippen LogP contribution in [0.5, 0.6) is 0 Å². The lowest BCUT2D eigenvalue weighted by Gasteiger charge is -2.07. The predicted octanol–water partition coefficient (Wildman–Crippen LogP) is 4.05. The summed E-state index contributed by atoms with van der Waals surface area (Å²) in [6.45, 7) is 4.88. The Kier molecular flexibility index (Phi) is 4.45. The number of hydrogen-bond acceptors (Lipinski definition) is 2. The molecule has 2 heteroatoms. The van der Waals surface area contributed by atoms with Gasteiger partial charge in [0.2, 0.25) is 0 Å². The molecule has 0 heterocycles. The first kappa shape index (κ1) is 13.2. The highest BCUT2D eigenvalue weighted by Crippen LogP contribution is 2.25. The fourth-order valence-electron chi connectivity index (χ4n) is 1.96. The van der Waals surface area contributed by atoms with E-state index < -0.39 is 0 Å². The summed E-state index contributed by atoms with van der Waals surface area (Å²) in [6.07, 6.45) is 0. The van der Waals surface area contributed by atoms with Crippen LogP contribution < -0.4 is 5.73 Å². The van der Waals surface area contributed by atoms with Crippen LogP contribution in [0, 0.1) is 13.8 Å². The molecule has 0 aliphatic rings. The Labute approximate surface area is 113 Å². The molecule has 0 aromatic heterocycles. The van der Waals surface area contributed by atoms with Crippen molar-refractivity contribution in [3.8, 4) is 0 Å². The molecular formula is C16H19NS. The van der Waals surface area contributed by atoms with Gasteiger partial charge < -0.3 is 5.73 Å². The van der Waals surface area contributed by atoms with Crippen LogP contribution in [0.1, 0.15) is 22.3 Å². The Morgan fingerprint density at radius 2 is 1.89 bits per heavy atom. The minimum absolute atomic E-state index is 0.620. The fourth-order valence-corrected chi connectivity index (χ4v) is 2.89. The average molecular weight is 257 g/mol. The summed E-state index contributed by atoms with van der Waals surface area (Å²) in [5, 5.41) is 0. The maximum Gasteiger partial charge on any atom is 0.0232 e. The Morgan fingerprint density at radius 3 is 2.56 bits per heavy atom. The second kappa shape index (κ2) is 6.07. The Hall–Kier alpha value is -1.25. The third-order valence-electron chi connectivity index (χ3n) is 3.02. The number of hydrogen-bond donors (Lipinski definition) is 1. The van der Waals surface area contributed by atoms with Crippen LogP contribution in [0.2, 0.25) is 0 Å². The van der Waals surface area contributed by atoms with E-state index in [4.69, 9.17) is 5.73 Å². The number of rotatable bonds is 4. The number of thioether (sulfide) groups is 1. The van der Waals surface area contributed by atoms with E-state index in [1.54, 1.807) is 0 Å². The van der Waals surface area contributed by atoms with Crippen LogP contribution in [-0.2, 0) is 12.3 Å². The van der Waals surface area contributed by atoms with E-state index in [0.717, 1.165) is 5.75 Å². The average Bonchev–Trinajstić information content (AvgIpc) is 2.37. The quantitative estimate of drug-likeness (QED) is 0.836. The van der Waals surface area contributed by atoms with Gasteiger partial charge in [0.05, 0.1) is 0 Å². The molecule has 0 amide bonds. The zero-order chi connectivity index (χ0) is 13.0. The second-order valence-electron chi connectivity index (χ2n) is 4.57. The Morgan fingerprint density at radius 1 is 1.06 bits per heavy atom. The molecule has 2 aromatic rings. The molecule has 0 bridgehead atoms. The van der Waals surface area contributed by atoms with E-state index in [2.05, 4.69) is 56.3 Å². The van der Waals surface area contributed by atoms with Crippen LogP contribution in [0.25, 0.3) is 0 Å². The molecule has 2 N–H and O–H groups in total. The molecule has 2 rings (SSSR count). The maximum atomic E-state index is 5.68. The first-order valence-electron chi connectivity index (χ1n) is 6.17. The molecule has 0 spiro atoms. The molecule has 0 saturated heterocycles. The molecule has 94 valence electrons. The molecule has 0 saturated carbocycles. The van der Waals surface area contributed by atoms with Gasteiger partial charge in [0, 0.05) is 17.2 Å². The molecule has 0 fully saturated rings. The van der Waals surface area contributed by atoms with Crippen molar-refractivity contribution < 1.29 is 0 Å². The summed E-state index contributed by atoms with van der Waals surface area (Å²) >= 11 is 1.87. The first-order valence-corrected chi connectivity index (χ1v) is 7.15. The maximum absolute atomic E-state index is 5.68. The molecule has 0 aliphatic heterocycles. The van der Waals surface area contributed by atoms with E-state index in [0.29, 0.717) is 6.54 Å². The van der Waals surface area contributed by atoms with Crippen molar-refractivity contribution in [2.45, 2.75) is 31.0 Å². The molecule has 0 unspecified atom stereocenters. The summed E-state index contributed by atoms with van der Waals surface area (Å²) in [6, 6.07) is 15.2.